The molecule has 3 nitrogen and oxygen atoms in total. The zero-order valence-electron chi connectivity index (χ0n) is 9.25. The van der Waals surface area contributed by atoms with Crippen LogP contribution in [-0.4, -0.2) is 16.5 Å². The molecule has 78 valence electrons. The molecule has 14 heavy (non-hydrogen) atoms. The highest BCUT2D eigenvalue weighted by Crippen LogP contribution is 2.11. The van der Waals surface area contributed by atoms with E-state index < -0.39 is 0 Å². The number of nitrogens with one attached hydrogen (secondary N) is 1. The van der Waals surface area contributed by atoms with E-state index >= 15 is 0 Å². The molecule has 0 radical (unpaired) electrons. The Morgan fingerprint density at radius 3 is 2.71 bits per heavy atom. The molecule has 1 atom stereocenters. The maximum Gasteiger partial charge on any atom is 0.0782 e. The minimum Gasteiger partial charge on any atom is -0.309 e. The molecule has 1 aromatic heterocycles. The van der Waals surface area contributed by atoms with Crippen LogP contribution >= 0.6 is 0 Å². The van der Waals surface area contributed by atoms with E-state index in [4.69, 9.17) is 0 Å². The Morgan fingerprint density at radius 1 is 1.36 bits per heavy atom. The minimum atomic E-state index is 0.301. The largest absolute Gasteiger partial charge is 0.309 e. The van der Waals surface area contributed by atoms with Crippen molar-refractivity contribution in [3.05, 3.63) is 23.8 Å². The summed E-state index contributed by atoms with van der Waals surface area (Å²) in [5, 5.41) is 3.44. The second-order valence-corrected chi connectivity index (χ2v) is 3.56. The molecule has 0 aromatic carbocycles. The van der Waals surface area contributed by atoms with Gasteiger partial charge in [0.05, 0.1) is 11.4 Å². The van der Waals surface area contributed by atoms with Crippen molar-refractivity contribution in [1.29, 1.82) is 0 Å². The van der Waals surface area contributed by atoms with Gasteiger partial charge in [-0.1, -0.05) is 13.3 Å². The lowest BCUT2D eigenvalue weighted by Crippen LogP contribution is -2.21. The highest BCUT2D eigenvalue weighted by molar-refractivity contribution is 5.12. The second-order valence-electron chi connectivity index (χ2n) is 3.56. The van der Waals surface area contributed by atoms with E-state index in [-0.39, 0.29) is 0 Å². The molecule has 0 bridgehead atoms. The molecule has 0 amide bonds. The molecule has 0 saturated carbocycles. The molecule has 0 fully saturated rings. The molecular formula is C11H19N3. The second kappa shape index (κ2) is 5.70. The third-order valence-electron chi connectivity index (χ3n) is 2.31. The van der Waals surface area contributed by atoms with Crippen molar-refractivity contribution in [3.8, 4) is 0 Å². The number of hydrogen-bond donors (Lipinski definition) is 1. The van der Waals surface area contributed by atoms with Gasteiger partial charge in [0.15, 0.2) is 0 Å². The van der Waals surface area contributed by atoms with E-state index in [0.717, 1.165) is 17.9 Å². The molecular weight excluding hydrogens is 174 g/mol. The molecule has 0 saturated heterocycles. The predicted molar refractivity (Wildman–Crippen MR) is 58.1 cm³/mol. The molecule has 0 spiro atoms. The number of nitrogens with zero attached hydrogens (tertiary/aromatic N) is 2. The zero-order valence-corrected chi connectivity index (χ0v) is 9.25. The molecule has 0 aliphatic carbocycles. The Balaban J connectivity index is 2.51. The van der Waals surface area contributed by atoms with Gasteiger partial charge in [0.2, 0.25) is 0 Å². The van der Waals surface area contributed by atoms with Crippen molar-refractivity contribution in [3.63, 3.8) is 0 Å². The molecule has 1 N–H and O–H groups in total. The highest BCUT2D eigenvalue weighted by atomic mass is 14.9. The number of aromatic nitrogens is 2. The Morgan fingerprint density at radius 2 is 2.07 bits per heavy atom. The minimum absolute atomic E-state index is 0.301. The number of aryl methyl sites for hydroxylation is 1. The van der Waals surface area contributed by atoms with Gasteiger partial charge in [0.1, 0.15) is 0 Å². The van der Waals surface area contributed by atoms with Gasteiger partial charge in [0.25, 0.3) is 0 Å². The van der Waals surface area contributed by atoms with Gasteiger partial charge in [-0.2, -0.15) is 0 Å². The van der Waals surface area contributed by atoms with E-state index in [9.17, 15) is 0 Å². The molecule has 1 aromatic rings. The fourth-order valence-corrected chi connectivity index (χ4v) is 1.44. The monoisotopic (exact) mass is 193 g/mol. The Hall–Kier alpha value is -0.960. The SMILES string of the molecule is CCCCNC(C)c1nccnc1C. The van der Waals surface area contributed by atoms with Crippen LogP contribution in [-0.2, 0) is 0 Å². The van der Waals surface area contributed by atoms with Gasteiger partial charge >= 0.3 is 0 Å². The van der Waals surface area contributed by atoms with Gasteiger partial charge in [0, 0.05) is 18.4 Å². The molecule has 0 aliphatic heterocycles. The van der Waals surface area contributed by atoms with Crippen LogP contribution in [0.15, 0.2) is 12.4 Å². The van der Waals surface area contributed by atoms with Gasteiger partial charge in [-0.15, -0.1) is 0 Å². The van der Waals surface area contributed by atoms with E-state index in [1.807, 2.05) is 6.92 Å². The molecule has 1 rings (SSSR count). The highest BCUT2D eigenvalue weighted by Gasteiger charge is 2.08. The summed E-state index contributed by atoms with van der Waals surface area (Å²) in [4.78, 5) is 8.56. The normalized spacial score (nSPS) is 12.8. The van der Waals surface area contributed by atoms with E-state index in [2.05, 4.69) is 29.1 Å². The summed E-state index contributed by atoms with van der Waals surface area (Å²) in [7, 11) is 0. The summed E-state index contributed by atoms with van der Waals surface area (Å²) in [5.74, 6) is 0. The predicted octanol–water partition coefficient (Wildman–Crippen LogP) is 2.24. The maximum absolute atomic E-state index is 4.33. The summed E-state index contributed by atoms with van der Waals surface area (Å²) in [6.45, 7) is 7.38. The zero-order chi connectivity index (χ0) is 10.4. The summed E-state index contributed by atoms with van der Waals surface area (Å²) < 4.78 is 0. The lowest BCUT2D eigenvalue weighted by Gasteiger charge is -2.14. The van der Waals surface area contributed by atoms with Gasteiger partial charge in [-0.25, -0.2) is 0 Å². The smallest absolute Gasteiger partial charge is 0.0782 e. The quantitative estimate of drug-likeness (QED) is 0.729. The standard InChI is InChI=1S/C11H19N3/c1-4-5-6-12-9(2)11-10(3)13-7-8-14-11/h7-9,12H,4-6H2,1-3H3. The average molecular weight is 193 g/mol. The third kappa shape index (κ3) is 3.07. The average Bonchev–Trinajstić information content (AvgIpc) is 2.18. The van der Waals surface area contributed by atoms with Crippen LogP contribution in [0.25, 0.3) is 0 Å². The van der Waals surface area contributed by atoms with Crippen LogP contribution in [0.5, 0.6) is 0 Å². The first-order valence-corrected chi connectivity index (χ1v) is 5.26. The fourth-order valence-electron chi connectivity index (χ4n) is 1.44. The van der Waals surface area contributed by atoms with Crippen molar-refractivity contribution in [2.24, 2.45) is 0 Å². The van der Waals surface area contributed by atoms with Gasteiger partial charge < -0.3 is 5.32 Å². The van der Waals surface area contributed by atoms with Crippen molar-refractivity contribution in [1.82, 2.24) is 15.3 Å². The van der Waals surface area contributed by atoms with Crippen LogP contribution < -0.4 is 5.32 Å². The first-order valence-electron chi connectivity index (χ1n) is 5.26. The number of unbranched alkanes of at least 4 members (excludes halogenated alkanes) is 1. The van der Waals surface area contributed by atoms with Crippen molar-refractivity contribution >= 4 is 0 Å². The van der Waals surface area contributed by atoms with Gasteiger partial charge in [-0.05, 0) is 26.8 Å². The van der Waals surface area contributed by atoms with Crippen LogP contribution in [0.1, 0.15) is 44.1 Å². The fraction of sp³-hybridized carbons (Fsp3) is 0.636. The lowest BCUT2D eigenvalue weighted by molar-refractivity contribution is 0.539. The Kier molecular flexibility index (Phi) is 4.53. The first kappa shape index (κ1) is 11.1. The summed E-state index contributed by atoms with van der Waals surface area (Å²) in [5.41, 5.74) is 2.08. The van der Waals surface area contributed by atoms with E-state index in [1.165, 1.54) is 12.8 Å². The molecule has 0 aliphatic rings. The summed E-state index contributed by atoms with van der Waals surface area (Å²) >= 11 is 0. The van der Waals surface area contributed by atoms with Crippen molar-refractivity contribution in [2.45, 2.75) is 39.7 Å². The summed E-state index contributed by atoms with van der Waals surface area (Å²) in [6, 6.07) is 0.301. The third-order valence-corrected chi connectivity index (χ3v) is 2.31. The summed E-state index contributed by atoms with van der Waals surface area (Å²) in [6.07, 6.45) is 5.92. The van der Waals surface area contributed by atoms with Crippen LogP contribution in [0, 0.1) is 6.92 Å². The van der Waals surface area contributed by atoms with Crippen LogP contribution in [0.3, 0.4) is 0 Å². The Bertz CT molecular complexity index is 273. The molecule has 3 heteroatoms. The molecule has 1 unspecified atom stereocenters. The van der Waals surface area contributed by atoms with E-state index in [0.29, 0.717) is 6.04 Å². The van der Waals surface area contributed by atoms with Crippen LogP contribution in [0.2, 0.25) is 0 Å². The van der Waals surface area contributed by atoms with E-state index in [1.54, 1.807) is 12.4 Å². The first-order chi connectivity index (χ1) is 6.75. The van der Waals surface area contributed by atoms with Gasteiger partial charge in [-0.3, -0.25) is 9.97 Å². The van der Waals surface area contributed by atoms with Crippen molar-refractivity contribution in [2.75, 3.05) is 6.54 Å². The van der Waals surface area contributed by atoms with Crippen LogP contribution in [0.4, 0.5) is 0 Å². The molecule has 1 heterocycles. The lowest BCUT2D eigenvalue weighted by atomic mass is 10.2. The number of rotatable bonds is 5. The maximum atomic E-state index is 4.33. The van der Waals surface area contributed by atoms with Crippen molar-refractivity contribution < 1.29 is 0 Å². The topological polar surface area (TPSA) is 37.8 Å². The number of hydrogen-bond acceptors (Lipinski definition) is 3. The Labute approximate surface area is 86.0 Å².